The number of rotatable bonds is 19. The lowest BCUT2D eigenvalue weighted by molar-refractivity contribution is 0.0304. The van der Waals surface area contributed by atoms with E-state index < -0.39 is 0 Å². The molecule has 0 amide bonds. The molecule has 5 rings (SSSR count). The molecule has 1 aromatic rings. The van der Waals surface area contributed by atoms with Crippen LogP contribution < -0.4 is 4.74 Å². The Bertz CT molecular complexity index is 746. The predicted molar refractivity (Wildman–Crippen MR) is 170 cm³/mol. The topological polar surface area (TPSA) is 9.23 Å². The van der Waals surface area contributed by atoms with Crippen LogP contribution in [-0.4, -0.2) is 6.61 Å². The average Bonchev–Trinajstić information content (AvgIpc) is 2.99. The van der Waals surface area contributed by atoms with Crippen LogP contribution >= 0.6 is 0 Å². The quantitative estimate of drug-likeness (QED) is 0.160. The van der Waals surface area contributed by atoms with Gasteiger partial charge in [-0.05, 0) is 98.1 Å². The highest BCUT2D eigenvalue weighted by atomic mass is 16.5. The first-order chi connectivity index (χ1) is 19.2. The summed E-state index contributed by atoms with van der Waals surface area (Å²) in [4.78, 5) is 0. The first-order valence-electron chi connectivity index (χ1n) is 17.9. The van der Waals surface area contributed by atoms with Gasteiger partial charge in [-0.25, -0.2) is 0 Å². The van der Waals surface area contributed by atoms with Crippen LogP contribution in [0.5, 0.6) is 5.75 Å². The van der Waals surface area contributed by atoms with Crippen molar-refractivity contribution < 1.29 is 4.74 Å². The number of benzene rings is 1. The Hall–Kier alpha value is -0.980. The van der Waals surface area contributed by atoms with Crippen LogP contribution in [0.4, 0.5) is 0 Å². The maximum atomic E-state index is 6.21. The molecular formula is C38H64O. The van der Waals surface area contributed by atoms with Gasteiger partial charge in [0, 0.05) is 0 Å². The molecule has 0 radical (unpaired) electrons. The highest BCUT2D eigenvalue weighted by Gasteiger charge is 2.48. The third-order valence-corrected chi connectivity index (χ3v) is 11.6. The molecule has 1 heteroatoms. The van der Waals surface area contributed by atoms with Crippen molar-refractivity contribution in [3.8, 4) is 5.75 Å². The molecule has 4 fully saturated rings. The zero-order valence-electron chi connectivity index (χ0n) is 26.3. The van der Waals surface area contributed by atoms with Crippen molar-refractivity contribution in [2.45, 2.75) is 180 Å². The third-order valence-electron chi connectivity index (χ3n) is 11.6. The van der Waals surface area contributed by atoms with Gasteiger partial charge in [-0.15, -0.1) is 0 Å². The Labute approximate surface area is 243 Å². The molecule has 0 aromatic heterocycles. The first kappa shape index (κ1) is 31.0. The second-order valence-corrected chi connectivity index (χ2v) is 14.4. The highest BCUT2D eigenvalue weighted by Crippen LogP contribution is 2.59. The Morgan fingerprint density at radius 2 is 1.10 bits per heavy atom. The molecule has 0 saturated heterocycles. The fourth-order valence-electron chi connectivity index (χ4n) is 8.66. The van der Waals surface area contributed by atoms with Crippen molar-refractivity contribution in [1.29, 1.82) is 0 Å². The van der Waals surface area contributed by atoms with E-state index in [0.717, 1.165) is 24.2 Å². The lowest BCUT2D eigenvalue weighted by atomic mass is 9.51. The van der Waals surface area contributed by atoms with Gasteiger partial charge in [-0.1, -0.05) is 129 Å². The van der Waals surface area contributed by atoms with Gasteiger partial charge in [0.25, 0.3) is 0 Å². The SMILES string of the molecule is CCCCCCCCCCC12CCC(c3ccc(OCCC[C@H]4CC[C@H](CCCCC)CC4)cc3)(CC1)CC2. The Morgan fingerprint density at radius 1 is 0.590 bits per heavy atom. The van der Waals surface area contributed by atoms with Crippen LogP contribution in [0.15, 0.2) is 24.3 Å². The van der Waals surface area contributed by atoms with Gasteiger partial charge < -0.3 is 4.74 Å². The molecule has 222 valence electrons. The van der Waals surface area contributed by atoms with E-state index in [1.54, 1.807) is 5.56 Å². The van der Waals surface area contributed by atoms with Crippen molar-refractivity contribution in [2.75, 3.05) is 6.61 Å². The zero-order valence-corrected chi connectivity index (χ0v) is 26.3. The van der Waals surface area contributed by atoms with Crippen LogP contribution in [0.1, 0.15) is 180 Å². The number of fused-ring (bicyclic) bond motifs is 3. The molecule has 4 aliphatic rings. The highest BCUT2D eigenvalue weighted by molar-refractivity contribution is 5.34. The predicted octanol–water partition coefficient (Wildman–Crippen LogP) is 12.4. The molecule has 1 aromatic carbocycles. The van der Waals surface area contributed by atoms with Crippen LogP contribution in [0, 0.1) is 17.3 Å². The molecule has 39 heavy (non-hydrogen) atoms. The summed E-state index contributed by atoms with van der Waals surface area (Å²) < 4.78 is 6.21. The molecule has 0 aliphatic heterocycles. The summed E-state index contributed by atoms with van der Waals surface area (Å²) in [5, 5.41) is 0. The zero-order chi connectivity index (χ0) is 27.2. The minimum absolute atomic E-state index is 0.467. The normalized spacial score (nSPS) is 28.6. The summed E-state index contributed by atoms with van der Waals surface area (Å²) in [5.41, 5.74) is 2.77. The van der Waals surface area contributed by atoms with Crippen LogP contribution in [0.25, 0.3) is 0 Å². The number of hydrogen-bond acceptors (Lipinski definition) is 1. The molecule has 2 bridgehead atoms. The fraction of sp³-hybridized carbons (Fsp3) is 0.842. The molecule has 0 atom stereocenters. The maximum Gasteiger partial charge on any atom is 0.119 e. The van der Waals surface area contributed by atoms with Gasteiger partial charge in [-0.2, -0.15) is 0 Å². The van der Waals surface area contributed by atoms with E-state index in [1.165, 1.54) is 161 Å². The molecular weight excluding hydrogens is 472 g/mol. The molecule has 0 unspecified atom stereocenters. The van der Waals surface area contributed by atoms with Crippen molar-refractivity contribution in [3.05, 3.63) is 29.8 Å². The van der Waals surface area contributed by atoms with Crippen molar-refractivity contribution in [2.24, 2.45) is 17.3 Å². The van der Waals surface area contributed by atoms with E-state index in [-0.39, 0.29) is 0 Å². The summed E-state index contributed by atoms with van der Waals surface area (Å²) in [6.07, 6.45) is 36.0. The summed E-state index contributed by atoms with van der Waals surface area (Å²) in [5.74, 6) is 3.07. The van der Waals surface area contributed by atoms with Gasteiger partial charge in [0.2, 0.25) is 0 Å². The minimum Gasteiger partial charge on any atom is -0.494 e. The smallest absolute Gasteiger partial charge is 0.119 e. The number of hydrogen-bond donors (Lipinski definition) is 0. The van der Waals surface area contributed by atoms with Gasteiger partial charge >= 0.3 is 0 Å². The number of unbranched alkanes of at least 4 members (excludes halogenated alkanes) is 9. The second-order valence-electron chi connectivity index (χ2n) is 14.4. The van der Waals surface area contributed by atoms with Crippen molar-refractivity contribution >= 4 is 0 Å². The molecule has 4 aliphatic carbocycles. The summed E-state index contributed by atoms with van der Waals surface area (Å²) >= 11 is 0. The Kier molecular flexibility index (Phi) is 13.1. The molecule has 0 heterocycles. The van der Waals surface area contributed by atoms with Gasteiger partial charge in [0.15, 0.2) is 0 Å². The van der Waals surface area contributed by atoms with Gasteiger partial charge in [0.05, 0.1) is 6.61 Å². The monoisotopic (exact) mass is 536 g/mol. The Balaban J connectivity index is 1.09. The average molecular weight is 537 g/mol. The van der Waals surface area contributed by atoms with Crippen LogP contribution in [0.3, 0.4) is 0 Å². The van der Waals surface area contributed by atoms with E-state index in [2.05, 4.69) is 38.1 Å². The number of ether oxygens (including phenoxy) is 1. The van der Waals surface area contributed by atoms with Crippen LogP contribution in [-0.2, 0) is 5.41 Å². The molecule has 0 N–H and O–H groups in total. The second kappa shape index (κ2) is 16.5. The van der Waals surface area contributed by atoms with Gasteiger partial charge in [-0.3, -0.25) is 0 Å². The van der Waals surface area contributed by atoms with Crippen LogP contribution in [0.2, 0.25) is 0 Å². The lowest BCUT2D eigenvalue weighted by Gasteiger charge is -2.54. The largest absolute Gasteiger partial charge is 0.494 e. The summed E-state index contributed by atoms with van der Waals surface area (Å²) in [6, 6.07) is 9.41. The van der Waals surface area contributed by atoms with E-state index in [0.29, 0.717) is 10.8 Å². The van der Waals surface area contributed by atoms with Gasteiger partial charge in [0.1, 0.15) is 5.75 Å². The standard InChI is InChI=1S/C38H64O/c1-3-5-7-8-9-10-11-13-25-37-26-29-38(30-27-37,31-28-37)35-21-23-36(24-22-35)39-32-14-16-34-19-17-33(18-20-34)15-12-6-4-2/h21-24,33-34H,3-20,25-32H2,1-2H3/t33-,34-,37?,38?. The van der Waals surface area contributed by atoms with E-state index >= 15 is 0 Å². The third kappa shape index (κ3) is 9.53. The molecule has 0 spiro atoms. The minimum atomic E-state index is 0.467. The van der Waals surface area contributed by atoms with E-state index in [4.69, 9.17) is 4.74 Å². The summed E-state index contributed by atoms with van der Waals surface area (Å²) in [7, 11) is 0. The van der Waals surface area contributed by atoms with Crippen molar-refractivity contribution in [3.63, 3.8) is 0 Å². The lowest BCUT2D eigenvalue weighted by Crippen LogP contribution is -2.44. The van der Waals surface area contributed by atoms with Crippen molar-refractivity contribution in [1.82, 2.24) is 0 Å². The maximum absolute atomic E-state index is 6.21. The molecule has 4 saturated carbocycles. The van der Waals surface area contributed by atoms with E-state index in [9.17, 15) is 0 Å². The fourth-order valence-corrected chi connectivity index (χ4v) is 8.66. The molecule has 1 nitrogen and oxygen atoms in total. The first-order valence-corrected chi connectivity index (χ1v) is 17.9. The summed E-state index contributed by atoms with van der Waals surface area (Å²) in [6.45, 7) is 5.53. The van der Waals surface area contributed by atoms with E-state index in [1.807, 2.05) is 0 Å². The Morgan fingerprint density at radius 3 is 1.69 bits per heavy atom.